The number of rotatable bonds is 3. The molecule has 4 aromatic rings. The van der Waals surface area contributed by atoms with Crippen molar-refractivity contribution in [3.05, 3.63) is 83.9 Å². The number of allylic oxidation sites excluding steroid dienone is 1. The Hall–Kier alpha value is -2.68. The van der Waals surface area contributed by atoms with Crippen LogP contribution in [0.15, 0.2) is 63.3 Å². The second-order valence-electron chi connectivity index (χ2n) is 7.41. The van der Waals surface area contributed by atoms with Crippen LogP contribution in [-0.4, -0.2) is 11.6 Å². The lowest BCUT2D eigenvalue weighted by molar-refractivity contribution is -0.642. The molecule has 2 aromatic carbocycles. The first-order chi connectivity index (χ1) is 15.5. The molecule has 0 saturated heterocycles. The summed E-state index contributed by atoms with van der Waals surface area (Å²) in [7, 11) is 3.97. The third-order valence-electron chi connectivity index (χ3n) is 5.48. The van der Waals surface area contributed by atoms with Crippen molar-refractivity contribution in [1.82, 2.24) is 4.57 Å². The van der Waals surface area contributed by atoms with Gasteiger partial charge in [-0.3, -0.25) is 9.36 Å². The van der Waals surface area contributed by atoms with Crippen LogP contribution in [0.5, 0.6) is 0 Å². The molecule has 5 rings (SSSR count). The van der Waals surface area contributed by atoms with Gasteiger partial charge in [-0.25, -0.2) is 4.39 Å². The number of hydrogen-bond acceptors (Lipinski definition) is 5. The Morgan fingerprint density at radius 3 is 2.72 bits per heavy atom. The third kappa shape index (κ3) is 3.62. The van der Waals surface area contributed by atoms with E-state index in [0.717, 1.165) is 25.3 Å². The fraction of sp³-hybridized carbons (Fsp3) is 0.167. The highest BCUT2D eigenvalue weighted by Crippen LogP contribution is 2.45. The lowest BCUT2D eigenvalue weighted by Gasteiger charge is -2.12. The second kappa shape index (κ2) is 8.35. The molecule has 1 aliphatic heterocycles. The molecule has 0 unspecified atom stereocenters. The van der Waals surface area contributed by atoms with Crippen LogP contribution in [0.25, 0.3) is 22.4 Å². The topological polar surface area (TPSA) is 29.1 Å². The monoisotopic (exact) mass is 482 g/mol. The molecule has 2 aromatic heterocycles. The normalized spacial score (nSPS) is 16.0. The van der Waals surface area contributed by atoms with Gasteiger partial charge in [-0.1, -0.05) is 35.2 Å². The van der Waals surface area contributed by atoms with E-state index in [9.17, 15) is 9.18 Å². The van der Waals surface area contributed by atoms with Gasteiger partial charge in [0, 0.05) is 24.6 Å². The second-order valence-corrected chi connectivity index (χ2v) is 10.6. The van der Waals surface area contributed by atoms with Gasteiger partial charge in [0.25, 0.3) is 10.6 Å². The SMILES string of the molecule is CCn1c(=Cc2sc3ccccc3[n+]2C)s/c(=C\C=C2/Sc3ccc(F)cc3N2C)c1=O. The lowest BCUT2D eigenvalue weighted by Crippen LogP contribution is -2.32. The molecule has 0 saturated carbocycles. The summed E-state index contributed by atoms with van der Waals surface area (Å²) in [5.41, 5.74) is 2.04. The zero-order chi connectivity index (χ0) is 22.4. The smallest absolute Gasteiger partial charge is 0.269 e. The highest BCUT2D eigenvalue weighted by atomic mass is 32.2. The maximum absolute atomic E-state index is 13.6. The Morgan fingerprint density at radius 2 is 1.94 bits per heavy atom. The van der Waals surface area contributed by atoms with Crippen molar-refractivity contribution in [2.75, 3.05) is 11.9 Å². The van der Waals surface area contributed by atoms with E-state index >= 15 is 0 Å². The summed E-state index contributed by atoms with van der Waals surface area (Å²) in [6.45, 7) is 2.60. The van der Waals surface area contributed by atoms with Crippen LogP contribution in [-0.2, 0) is 13.6 Å². The molecule has 0 bridgehead atoms. The Bertz CT molecular complexity index is 1560. The van der Waals surface area contributed by atoms with Crippen LogP contribution in [0.3, 0.4) is 0 Å². The van der Waals surface area contributed by atoms with Crippen molar-refractivity contribution in [2.24, 2.45) is 7.05 Å². The van der Waals surface area contributed by atoms with Crippen LogP contribution in [0.4, 0.5) is 10.1 Å². The standard InChI is InChI=1S/C24H21FN3OS3/c1-4-28-23(14-22-26(2)16-7-5-6-8-18(16)31-22)32-20(24(28)29)11-12-21-27(3)17-13-15(25)9-10-19(17)30-21/h5-14H,4H2,1-3H3/q+1/b20-11-,21-12-. The van der Waals surface area contributed by atoms with Crippen molar-refractivity contribution in [3.8, 4) is 0 Å². The van der Waals surface area contributed by atoms with E-state index in [1.807, 2.05) is 47.7 Å². The molecule has 0 N–H and O–H groups in total. The molecule has 0 fully saturated rings. The Labute approximate surface area is 196 Å². The van der Waals surface area contributed by atoms with Crippen molar-refractivity contribution < 1.29 is 8.96 Å². The molecule has 3 heterocycles. The van der Waals surface area contributed by atoms with E-state index in [4.69, 9.17) is 0 Å². The molecule has 0 aliphatic carbocycles. The van der Waals surface area contributed by atoms with E-state index in [2.05, 4.69) is 29.8 Å². The van der Waals surface area contributed by atoms with Crippen LogP contribution >= 0.6 is 34.4 Å². The summed E-state index contributed by atoms with van der Waals surface area (Å²) in [6.07, 6.45) is 5.92. The molecule has 4 nitrogen and oxygen atoms in total. The van der Waals surface area contributed by atoms with Gasteiger partial charge < -0.3 is 4.90 Å². The maximum Gasteiger partial charge on any atom is 0.269 e. The number of fused-ring (bicyclic) bond motifs is 2. The van der Waals surface area contributed by atoms with Crippen LogP contribution in [0.1, 0.15) is 11.9 Å². The molecule has 162 valence electrons. The number of aromatic nitrogens is 2. The highest BCUT2D eigenvalue weighted by Gasteiger charge is 2.22. The van der Waals surface area contributed by atoms with Gasteiger partial charge in [-0.05, 0) is 43.3 Å². The van der Waals surface area contributed by atoms with Gasteiger partial charge in [0.15, 0.2) is 0 Å². The third-order valence-corrected chi connectivity index (χ3v) is 8.90. The summed E-state index contributed by atoms with van der Waals surface area (Å²) >= 11 is 4.79. The summed E-state index contributed by atoms with van der Waals surface area (Å²) < 4.78 is 20.4. The first-order valence-corrected chi connectivity index (χ1v) is 12.6. The number of thioether (sulfide) groups is 1. The molecule has 0 radical (unpaired) electrons. The first-order valence-electron chi connectivity index (χ1n) is 10.2. The van der Waals surface area contributed by atoms with Gasteiger partial charge in [0.1, 0.15) is 22.2 Å². The van der Waals surface area contributed by atoms with E-state index in [0.29, 0.717) is 11.1 Å². The zero-order valence-electron chi connectivity index (χ0n) is 17.8. The minimum absolute atomic E-state index is 0.0126. The van der Waals surface area contributed by atoms with Crippen molar-refractivity contribution in [3.63, 3.8) is 0 Å². The average molecular weight is 483 g/mol. The molecule has 0 spiro atoms. The van der Waals surface area contributed by atoms with Crippen molar-refractivity contribution in [2.45, 2.75) is 18.4 Å². The zero-order valence-corrected chi connectivity index (χ0v) is 20.3. The van der Waals surface area contributed by atoms with Crippen LogP contribution < -0.4 is 24.2 Å². The number of halogens is 1. The van der Waals surface area contributed by atoms with Gasteiger partial charge >= 0.3 is 0 Å². The number of benzene rings is 2. The van der Waals surface area contributed by atoms with E-state index in [-0.39, 0.29) is 11.4 Å². The molecule has 1 aliphatic rings. The van der Waals surface area contributed by atoms with Gasteiger partial charge in [0.05, 0.1) is 21.3 Å². The Balaban J connectivity index is 1.58. The Kier molecular flexibility index (Phi) is 5.53. The van der Waals surface area contributed by atoms with Crippen LogP contribution in [0.2, 0.25) is 0 Å². The summed E-state index contributed by atoms with van der Waals surface area (Å²) in [4.78, 5) is 16.0. The molecule has 32 heavy (non-hydrogen) atoms. The van der Waals surface area contributed by atoms with Gasteiger partial charge in [-0.15, -0.1) is 11.3 Å². The minimum atomic E-state index is -0.250. The van der Waals surface area contributed by atoms with E-state index in [1.54, 1.807) is 29.2 Å². The maximum atomic E-state index is 13.6. The average Bonchev–Trinajstić information content (AvgIpc) is 3.38. The fourth-order valence-corrected chi connectivity index (χ4v) is 6.99. The van der Waals surface area contributed by atoms with Crippen molar-refractivity contribution in [1.29, 1.82) is 0 Å². The van der Waals surface area contributed by atoms with E-state index in [1.165, 1.54) is 33.7 Å². The molecular weight excluding hydrogens is 461 g/mol. The van der Waals surface area contributed by atoms with Gasteiger partial charge in [0.2, 0.25) is 5.52 Å². The number of para-hydroxylation sites is 1. The van der Waals surface area contributed by atoms with Crippen molar-refractivity contribution >= 4 is 62.5 Å². The predicted octanol–water partition coefficient (Wildman–Crippen LogP) is 3.80. The summed E-state index contributed by atoms with van der Waals surface area (Å²) in [6, 6.07) is 13.1. The van der Waals surface area contributed by atoms with E-state index < -0.39 is 0 Å². The summed E-state index contributed by atoms with van der Waals surface area (Å²) in [5.74, 6) is -0.250. The molecule has 0 atom stereocenters. The number of thiazole rings is 2. The highest BCUT2D eigenvalue weighted by molar-refractivity contribution is 8.03. The number of aryl methyl sites for hydroxylation is 1. The number of anilines is 1. The number of nitrogens with zero attached hydrogens (tertiary/aromatic N) is 3. The Morgan fingerprint density at radius 1 is 1.12 bits per heavy atom. The van der Waals surface area contributed by atoms with Crippen LogP contribution in [0, 0.1) is 5.82 Å². The largest absolute Gasteiger partial charge is 0.338 e. The van der Waals surface area contributed by atoms with Gasteiger partial charge in [-0.2, -0.15) is 4.57 Å². The summed E-state index contributed by atoms with van der Waals surface area (Å²) in [5, 5.41) is 2.06. The molecule has 8 heteroatoms. The lowest BCUT2D eigenvalue weighted by atomic mass is 10.3. The molecular formula is C24H21FN3OS3+. The fourth-order valence-electron chi connectivity index (χ4n) is 3.74. The molecule has 0 amide bonds. The predicted molar refractivity (Wildman–Crippen MR) is 133 cm³/mol. The minimum Gasteiger partial charge on any atom is -0.338 e. The number of hydrogen-bond donors (Lipinski definition) is 0. The quantitative estimate of drug-likeness (QED) is 0.416. The first kappa shape index (κ1) is 21.2.